The number of benzene rings is 1. The summed E-state index contributed by atoms with van der Waals surface area (Å²) < 4.78 is 0. The molecular formula is C18H19NOS. The van der Waals surface area contributed by atoms with Gasteiger partial charge in [-0.2, -0.15) is 0 Å². The average Bonchev–Trinajstić information content (AvgIpc) is 3.08. The molecule has 0 unspecified atom stereocenters. The van der Waals surface area contributed by atoms with Crippen LogP contribution in [0.25, 0.3) is 6.08 Å². The highest BCUT2D eigenvalue weighted by Crippen LogP contribution is 2.20. The van der Waals surface area contributed by atoms with Crippen LogP contribution in [-0.2, 0) is 0 Å². The molecule has 2 aromatic rings. The molecule has 0 amide bonds. The molecule has 0 radical (unpaired) electrons. The summed E-state index contributed by atoms with van der Waals surface area (Å²) in [6, 6.07) is 12.2. The lowest BCUT2D eigenvalue weighted by atomic mass is 10.1. The predicted octanol–water partition coefficient (Wildman–Crippen LogP) is 4.63. The summed E-state index contributed by atoms with van der Waals surface area (Å²) >= 11 is 1.48. The second-order valence-corrected chi connectivity index (χ2v) is 6.26. The summed E-state index contributed by atoms with van der Waals surface area (Å²) in [6.07, 6.45) is 7.47. The van der Waals surface area contributed by atoms with Gasteiger partial charge in [-0.3, -0.25) is 4.79 Å². The highest BCUT2D eigenvalue weighted by atomic mass is 32.1. The Hall–Kier alpha value is -1.87. The molecule has 0 N–H and O–H groups in total. The molecule has 0 spiro atoms. The predicted molar refractivity (Wildman–Crippen MR) is 90.2 cm³/mol. The van der Waals surface area contributed by atoms with E-state index in [9.17, 15) is 4.79 Å². The number of thiophene rings is 1. The van der Waals surface area contributed by atoms with Crippen LogP contribution in [0.3, 0.4) is 0 Å². The molecule has 0 aliphatic carbocycles. The van der Waals surface area contributed by atoms with Crippen molar-refractivity contribution in [3.8, 4) is 0 Å². The third-order valence-electron chi connectivity index (χ3n) is 3.81. The summed E-state index contributed by atoms with van der Waals surface area (Å²) in [5.41, 5.74) is 2.36. The molecule has 1 fully saturated rings. The minimum Gasteiger partial charge on any atom is -0.372 e. The van der Waals surface area contributed by atoms with Crippen molar-refractivity contribution < 1.29 is 4.79 Å². The SMILES string of the molecule is O=C(/C=C/c1ccc(N2CCCCC2)cc1)c1cccs1. The monoisotopic (exact) mass is 297 g/mol. The number of anilines is 1. The fraction of sp³-hybridized carbons (Fsp3) is 0.278. The summed E-state index contributed by atoms with van der Waals surface area (Å²) in [5.74, 6) is 0.0742. The van der Waals surface area contributed by atoms with Crippen LogP contribution in [-0.4, -0.2) is 18.9 Å². The van der Waals surface area contributed by atoms with E-state index in [1.165, 1.54) is 36.3 Å². The normalized spacial score (nSPS) is 15.5. The zero-order valence-corrected chi connectivity index (χ0v) is 12.8. The zero-order chi connectivity index (χ0) is 14.5. The van der Waals surface area contributed by atoms with Crippen LogP contribution in [0.2, 0.25) is 0 Å². The van der Waals surface area contributed by atoms with Gasteiger partial charge in [-0.1, -0.05) is 24.3 Å². The van der Waals surface area contributed by atoms with Crippen molar-refractivity contribution in [2.75, 3.05) is 18.0 Å². The van der Waals surface area contributed by atoms with E-state index in [1.54, 1.807) is 6.08 Å². The van der Waals surface area contributed by atoms with Gasteiger partial charge in [0.25, 0.3) is 0 Å². The van der Waals surface area contributed by atoms with E-state index in [-0.39, 0.29) is 5.78 Å². The summed E-state index contributed by atoms with van der Waals surface area (Å²) in [7, 11) is 0. The maximum Gasteiger partial charge on any atom is 0.195 e. The van der Waals surface area contributed by atoms with Crippen molar-refractivity contribution in [2.45, 2.75) is 19.3 Å². The van der Waals surface area contributed by atoms with Gasteiger partial charge in [0.2, 0.25) is 0 Å². The minimum absolute atomic E-state index is 0.0742. The van der Waals surface area contributed by atoms with Crippen LogP contribution < -0.4 is 4.90 Å². The first-order valence-corrected chi connectivity index (χ1v) is 8.32. The van der Waals surface area contributed by atoms with Crippen LogP contribution in [0.5, 0.6) is 0 Å². The van der Waals surface area contributed by atoms with Gasteiger partial charge in [-0.25, -0.2) is 0 Å². The fourth-order valence-corrected chi connectivity index (χ4v) is 3.27. The molecule has 1 aromatic carbocycles. The van der Waals surface area contributed by atoms with Crippen molar-refractivity contribution >= 4 is 28.9 Å². The van der Waals surface area contributed by atoms with Gasteiger partial charge in [0.05, 0.1) is 4.88 Å². The number of ketones is 1. The maximum absolute atomic E-state index is 11.9. The molecule has 0 bridgehead atoms. The van der Waals surface area contributed by atoms with E-state index in [1.807, 2.05) is 23.6 Å². The highest BCUT2D eigenvalue weighted by molar-refractivity contribution is 7.12. The number of nitrogens with zero attached hydrogens (tertiary/aromatic N) is 1. The standard InChI is InChI=1S/C18H19NOS/c20-17(18-5-4-14-21-18)11-8-15-6-9-16(10-7-15)19-12-2-1-3-13-19/h4-11,14H,1-3,12-13H2/b11-8+. The lowest BCUT2D eigenvalue weighted by Crippen LogP contribution is -2.29. The molecular weight excluding hydrogens is 278 g/mol. The number of piperidine rings is 1. The first-order chi connectivity index (χ1) is 10.3. The van der Waals surface area contributed by atoms with Gasteiger partial charge in [0.1, 0.15) is 0 Å². The second kappa shape index (κ2) is 6.72. The zero-order valence-electron chi connectivity index (χ0n) is 12.0. The van der Waals surface area contributed by atoms with E-state index in [4.69, 9.17) is 0 Å². The third-order valence-corrected chi connectivity index (χ3v) is 4.69. The molecule has 108 valence electrons. The second-order valence-electron chi connectivity index (χ2n) is 5.31. The minimum atomic E-state index is 0.0742. The van der Waals surface area contributed by atoms with Gasteiger partial charge < -0.3 is 4.90 Å². The van der Waals surface area contributed by atoms with Gasteiger partial charge in [0.15, 0.2) is 5.78 Å². The Morgan fingerprint density at radius 3 is 2.48 bits per heavy atom. The summed E-state index contributed by atoms with van der Waals surface area (Å²) in [4.78, 5) is 15.1. The number of carbonyl (C=O) groups excluding carboxylic acids is 1. The number of rotatable bonds is 4. The lowest BCUT2D eigenvalue weighted by molar-refractivity contribution is 0.105. The van der Waals surface area contributed by atoms with Crippen molar-refractivity contribution in [2.24, 2.45) is 0 Å². The number of allylic oxidation sites excluding steroid dienone is 1. The molecule has 2 heterocycles. The molecule has 1 aromatic heterocycles. The number of carbonyl (C=O) groups is 1. The highest BCUT2D eigenvalue weighted by Gasteiger charge is 2.10. The van der Waals surface area contributed by atoms with Gasteiger partial charge in [-0.05, 0) is 54.5 Å². The van der Waals surface area contributed by atoms with E-state index in [0.29, 0.717) is 0 Å². The molecule has 3 heteroatoms. The van der Waals surface area contributed by atoms with Crippen LogP contribution in [0, 0.1) is 0 Å². The third kappa shape index (κ3) is 3.61. The Kier molecular flexibility index (Phi) is 4.51. The quantitative estimate of drug-likeness (QED) is 0.605. The maximum atomic E-state index is 11.9. The Morgan fingerprint density at radius 2 is 1.81 bits per heavy atom. The van der Waals surface area contributed by atoms with Gasteiger partial charge in [0, 0.05) is 18.8 Å². The van der Waals surface area contributed by atoms with Crippen molar-refractivity contribution in [1.82, 2.24) is 0 Å². The average molecular weight is 297 g/mol. The smallest absolute Gasteiger partial charge is 0.195 e. The molecule has 0 saturated carbocycles. The molecule has 3 rings (SSSR count). The van der Waals surface area contributed by atoms with E-state index < -0.39 is 0 Å². The van der Waals surface area contributed by atoms with Crippen LogP contribution in [0.15, 0.2) is 47.9 Å². The van der Waals surface area contributed by atoms with Gasteiger partial charge in [-0.15, -0.1) is 11.3 Å². The Morgan fingerprint density at radius 1 is 1.05 bits per heavy atom. The number of hydrogen-bond acceptors (Lipinski definition) is 3. The van der Waals surface area contributed by atoms with Gasteiger partial charge >= 0.3 is 0 Å². The summed E-state index contributed by atoms with van der Waals surface area (Å²) in [6.45, 7) is 2.32. The van der Waals surface area contributed by atoms with Crippen molar-refractivity contribution in [3.63, 3.8) is 0 Å². The van der Waals surface area contributed by atoms with E-state index in [0.717, 1.165) is 23.5 Å². The Balaban J connectivity index is 1.65. The molecule has 1 aliphatic heterocycles. The first kappa shape index (κ1) is 14.1. The number of hydrogen-bond donors (Lipinski definition) is 0. The first-order valence-electron chi connectivity index (χ1n) is 7.44. The molecule has 2 nitrogen and oxygen atoms in total. The lowest BCUT2D eigenvalue weighted by Gasteiger charge is -2.28. The molecule has 1 saturated heterocycles. The fourth-order valence-electron chi connectivity index (χ4n) is 2.62. The van der Waals surface area contributed by atoms with Crippen LogP contribution in [0.1, 0.15) is 34.5 Å². The van der Waals surface area contributed by atoms with E-state index >= 15 is 0 Å². The van der Waals surface area contributed by atoms with E-state index in [2.05, 4.69) is 29.2 Å². The van der Waals surface area contributed by atoms with Crippen molar-refractivity contribution in [1.29, 1.82) is 0 Å². The molecule has 1 aliphatic rings. The largest absolute Gasteiger partial charge is 0.372 e. The topological polar surface area (TPSA) is 20.3 Å². The van der Waals surface area contributed by atoms with Crippen molar-refractivity contribution in [3.05, 3.63) is 58.3 Å². The van der Waals surface area contributed by atoms with Crippen LogP contribution in [0.4, 0.5) is 5.69 Å². The molecule has 0 atom stereocenters. The van der Waals surface area contributed by atoms with Crippen LogP contribution >= 0.6 is 11.3 Å². The summed E-state index contributed by atoms with van der Waals surface area (Å²) in [5, 5.41) is 1.93. The Labute approximate surface area is 129 Å². The Bertz CT molecular complexity index is 607. The molecule has 21 heavy (non-hydrogen) atoms.